The second-order valence-electron chi connectivity index (χ2n) is 4.97. The Hall–Kier alpha value is -1.36. The fourth-order valence-electron chi connectivity index (χ4n) is 1.86. The number of amides is 1. The molecule has 0 bridgehead atoms. The van der Waals surface area contributed by atoms with Gasteiger partial charge in [-0.1, -0.05) is 13.8 Å². The van der Waals surface area contributed by atoms with Gasteiger partial charge in [-0.25, -0.2) is 4.98 Å². The van der Waals surface area contributed by atoms with Crippen molar-refractivity contribution in [2.45, 2.75) is 19.4 Å². The van der Waals surface area contributed by atoms with Gasteiger partial charge in [0.1, 0.15) is 5.69 Å². The summed E-state index contributed by atoms with van der Waals surface area (Å²) in [6.45, 7) is 5.42. The second-order valence-corrected chi connectivity index (χ2v) is 4.97. The Bertz CT molecular complexity index is 404. The molecule has 1 amide bonds. The van der Waals surface area contributed by atoms with E-state index in [0.29, 0.717) is 24.7 Å². The smallest absolute Gasteiger partial charge is 0.274 e. The van der Waals surface area contributed by atoms with Gasteiger partial charge < -0.3 is 15.2 Å². The number of hydrogen-bond donors (Lipinski definition) is 1. The molecule has 5 heteroatoms. The Morgan fingerprint density at radius 1 is 1.56 bits per heavy atom. The molecule has 1 aliphatic heterocycles. The fraction of sp³-hybridized carbons (Fsp3) is 0.636. The lowest BCUT2D eigenvalue weighted by Crippen LogP contribution is -2.71. The standard InChI is InChI=1S/C11H18N4O/c1-8(2)11(12)5-15(6-11)10(16)9-4-14(3)7-13-9/h4,7-8H,5-6,12H2,1-3H3. The number of nitrogens with zero attached hydrogens (tertiary/aromatic N) is 3. The van der Waals surface area contributed by atoms with E-state index in [1.54, 1.807) is 22.0 Å². The molecular weight excluding hydrogens is 204 g/mol. The molecule has 1 saturated heterocycles. The summed E-state index contributed by atoms with van der Waals surface area (Å²) in [7, 11) is 1.85. The van der Waals surface area contributed by atoms with Crippen LogP contribution in [0.3, 0.4) is 0 Å². The predicted octanol–water partition coefficient (Wildman–Crippen LogP) is 0.229. The highest BCUT2D eigenvalue weighted by Crippen LogP contribution is 2.27. The summed E-state index contributed by atoms with van der Waals surface area (Å²) in [5, 5.41) is 0. The van der Waals surface area contributed by atoms with Crippen molar-refractivity contribution in [1.82, 2.24) is 14.5 Å². The van der Waals surface area contributed by atoms with Crippen LogP contribution in [-0.4, -0.2) is 39.0 Å². The third-order valence-corrected chi connectivity index (χ3v) is 3.33. The molecule has 1 aromatic rings. The van der Waals surface area contributed by atoms with Crippen molar-refractivity contribution in [3.05, 3.63) is 18.2 Å². The fourth-order valence-corrected chi connectivity index (χ4v) is 1.86. The van der Waals surface area contributed by atoms with E-state index in [0.717, 1.165) is 0 Å². The maximum Gasteiger partial charge on any atom is 0.274 e. The highest BCUT2D eigenvalue weighted by Gasteiger charge is 2.44. The van der Waals surface area contributed by atoms with E-state index in [4.69, 9.17) is 5.73 Å². The number of carbonyl (C=O) groups excluding carboxylic acids is 1. The lowest BCUT2D eigenvalue weighted by Gasteiger charge is -2.50. The van der Waals surface area contributed by atoms with Crippen LogP contribution >= 0.6 is 0 Å². The number of aryl methyl sites for hydroxylation is 1. The first kappa shape index (κ1) is 11.1. The van der Waals surface area contributed by atoms with E-state index in [-0.39, 0.29) is 11.4 Å². The molecule has 0 atom stereocenters. The van der Waals surface area contributed by atoms with E-state index < -0.39 is 0 Å². The quantitative estimate of drug-likeness (QED) is 0.779. The monoisotopic (exact) mass is 222 g/mol. The van der Waals surface area contributed by atoms with Gasteiger partial charge in [0, 0.05) is 26.3 Å². The maximum atomic E-state index is 11.9. The van der Waals surface area contributed by atoms with Crippen LogP contribution in [0.4, 0.5) is 0 Å². The van der Waals surface area contributed by atoms with Crippen LogP contribution in [0.5, 0.6) is 0 Å². The molecule has 0 aliphatic carbocycles. The average Bonchev–Trinajstić information content (AvgIpc) is 2.58. The number of likely N-dealkylation sites (tertiary alicyclic amines) is 1. The molecule has 2 heterocycles. The largest absolute Gasteiger partial charge is 0.340 e. The summed E-state index contributed by atoms with van der Waals surface area (Å²) >= 11 is 0. The van der Waals surface area contributed by atoms with Gasteiger partial charge in [0.15, 0.2) is 0 Å². The highest BCUT2D eigenvalue weighted by molar-refractivity contribution is 5.92. The molecule has 88 valence electrons. The van der Waals surface area contributed by atoms with Crippen molar-refractivity contribution in [2.24, 2.45) is 18.7 Å². The van der Waals surface area contributed by atoms with Crippen LogP contribution in [0.15, 0.2) is 12.5 Å². The van der Waals surface area contributed by atoms with Gasteiger partial charge in [0.2, 0.25) is 0 Å². The number of hydrogen-bond acceptors (Lipinski definition) is 3. The Morgan fingerprint density at radius 2 is 2.19 bits per heavy atom. The summed E-state index contributed by atoms with van der Waals surface area (Å²) in [6.07, 6.45) is 3.36. The molecule has 2 N–H and O–H groups in total. The first-order valence-electron chi connectivity index (χ1n) is 5.48. The zero-order valence-corrected chi connectivity index (χ0v) is 9.97. The molecule has 0 aromatic carbocycles. The summed E-state index contributed by atoms with van der Waals surface area (Å²) < 4.78 is 1.77. The Kier molecular flexibility index (Phi) is 2.50. The maximum absolute atomic E-state index is 11.9. The summed E-state index contributed by atoms with van der Waals surface area (Å²) in [4.78, 5) is 17.7. The molecule has 0 unspecified atom stereocenters. The molecule has 0 radical (unpaired) electrons. The number of nitrogens with two attached hydrogens (primary N) is 1. The Labute approximate surface area is 95.2 Å². The van der Waals surface area contributed by atoms with Crippen molar-refractivity contribution in [1.29, 1.82) is 0 Å². The SMILES string of the molecule is CC(C)C1(N)CN(C(=O)c2cn(C)cn2)C1. The van der Waals surface area contributed by atoms with E-state index in [1.807, 2.05) is 7.05 Å². The van der Waals surface area contributed by atoms with Gasteiger partial charge in [-0.2, -0.15) is 0 Å². The van der Waals surface area contributed by atoms with Gasteiger partial charge in [-0.3, -0.25) is 4.79 Å². The first-order valence-corrected chi connectivity index (χ1v) is 5.48. The summed E-state index contributed by atoms with van der Waals surface area (Å²) in [6, 6.07) is 0. The van der Waals surface area contributed by atoms with E-state index >= 15 is 0 Å². The van der Waals surface area contributed by atoms with E-state index in [1.165, 1.54) is 0 Å². The molecule has 1 aromatic heterocycles. The molecule has 0 spiro atoms. The number of imidazole rings is 1. The van der Waals surface area contributed by atoms with Crippen molar-refractivity contribution < 1.29 is 4.79 Å². The van der Waals surface area contributed by atoms with Crippen molar-refractivity contribution in [2.75, 3.05) is 13.1 Å². The van der Waals surface area contributed by atoms with Crippen molar-refractivity contribution in [3.8, 4) is 0 Å². The number of carbonyl (C=O) groups is 1. The van der Waals surface area contributed by atoms with Gasteiger partial charge >= 0.3 is 0 Å². The minimum absolute atomic E-state index is 0.0256. The van der Waals surface area contributed by atoms with Crippen LogP contribution in [0.1, 0.15) is 24.3 Å². The molecule has 16 heavy (non-hydrogen) atoms. The number of aromatic nitrogens is 2. The topological polar surface area (TPSA) is 64.2 Å². The minimum atomic E-state index is -0.218. The molecule has 1 aliphatic rings. The lowest BCUT2D eigenvalue weighted by atomic mass is 9.80. The zero-order valence-electron chi connectivity index (χ0n) is 9.97. The normalized spacial score (nSPS) is 18.7. The third-order valence-electron chi connectivity index (χ3n) is 3.33. The van der Waals surface area contributed by atoms with Crippen molar-refractivity contribution >= 4 is 5.91 Å². The van der Waals surface area contributed by atoms with Crippen LogP contribution in [0, 0.1) is 5.92 Å². The molecule has 1 fully saturated rings. The predicted molar refractivity (Wildman–Crippen MR) is 60.9 cm³/mol. The summed E-state index contributed by atoms with van der Waals surface area (Å²) in [5.41, 5.74) is 6.41. The Morgan fingerprint density at radius 3 is 2.62 bits per heavy atom. The van der Waals surface area contributed by atoms with Gasteiger partial charge in [-0.05, 0) is 5.92 Å². The van der Waals surface area contributed by atoms with Crippen LogP contribution in [-0.2, 0) is 7.05 Å². The van der Waals surface area contributed by atoms with Gasteiger partial charge in [0.25, 0.3) is 5.91 Å². The van der Waals surface area contributed by atoms with Crippen LogP contribution < -0.4 is 5.73 Å². The zero-order chi connectivity index (χ0) is 11.9. The Balaban J connectivity index is 2.00. The third kappa shape index (κ3) is 1.71. The van der Waals surface area contributed by atoms with Crippen LogP contribution in [0.2, 0.25) is 0 Å². The van der Waals surface area contributed by atoms with Gasteiger partial charge in [-0.15, -0.1) is 0 Å². The molecular formula is C11H18N4O. The molecule has 2 rings (SSSR count). The van der Waals surface area contributed by atoms with Crippen molar-refractivity contribution in [3.63, 3.8) is 0 Å². The van der Waals surface area contributed by atoms with E-state index in [9.17, 15) is 4.79 Å². The van der Waals surface area contributed by atoms with Crippen LogP contribution in [0.25, 0.3) is 0 Å². The lowest BCUT2D eigenvalue weighted by molar-refractivity contribution is 0.0270. The average molecular weight is 222 g/mol. The minimum Gasteiger partial charge on any atom is -0.340 e. The van der Waals surface area contributed by atoms with E-state index in [2.05, 4.69) is 18.8 Å². The van der Waals surface area contributed by atoms with Gasteiger partial charge in [0.05, 0.1) is 11.9 Å². The molecule has 0 saturated carbocycles. The second kappa shape index (κ2) is 3.59. The molecule has 5 nitrogen and oxygen atoms in total. The first-order chi connectivity index (χ1) is 7.42. The number of rotatable bonds is 2. The highest BCUT2D eigenvalue weighted by atomic mass is 16.2. The summed E-state index contributed by atoms with van der Waals surface area (Å²) in [5.74, 6) is 0.364.